The molecule has 0 aliphatic carbocycles. The van der Waals surface area contributed by atoms with Gasteiger partial charge < -0.3 is 29.2 Å². The predicted octanol–water partition coefficient (Wildman–Crippen LogP) is 1.89. The number of hydrogen-bond donors (Lipinski definition) is 1. The highest BCUT2D eigenvalue weighted by molar-refractivity contribution is 5.66. The number of aliphatic hydroxyl groups is 1. The van der Waals surface area contributed by atoms with Crippen molar-refractivity contribution in [3.05, 3.63) is 35.4 Å². The van der Waals surface area contributed by atoms with E-state index in [2.05, 4.69) is 15.0 Å². The van der Waals surface area contributed by atoms with Crippen molar-refractivity contribution in [2.24, 2.45) is 0 Å². The van der Waals surface area contributed by atoms with Gasteiger partial charge in [0.25, 0.3) is 0 Å². The monoisotopic (exact) mass is 512 g/mol. The fourth-order valence-corrected chi connectivity index (χ4v) is 4.07. The second-order valence-corrected chi connectivity index (χ2v) is 8.44. The van der Waals surface area contributed by atoms with Gasteiger partial charge in [-0.1, -0.05) is 0 Å². The average molecular weight is 512 g/mol. The molecule has 14 heteroatoms. The van der Waals surface area contributed by atoms with Gasteiger partial charge in [0.15, 0.2) is 0 Å². The highest BCUT2D eigenvalue weighted by Gasteiger charge is 2.36. The maximum Gasteiger partial charge on any atom is 0.428 e. The fourth-order valence-electron chi connectivity index (χ4n) is 4.07. The standard InChI is InChI=1S/C22H27F3N6O5/c1-29(7-8-32)21(33)36-31-6-3-15(11-31)35-19-16-12-30(5-4-18(16)27-13-28-19)14-9-17(22(23,24)25)20(34-2)26-10-14/h9-10,13,15,32H,3-8,11-12H2,1-2H3. The molecule has 1 atom stereocenters. The Morgan fingerprint density at radius 1 is 1.25 bits per heavy atom. The van der Waals surface area contributed by atoms with E-state index in [-0.39, 0.29) is 25.8 Å². The van der Waals surface area contributed by atoms with Gasteiger partial charge in [0.05, 0.1) is 49.9 Å². The molecule has 1 amide bonds. The normalized spacial score (nSPS) is 18.1. The number of methoxy groups -OCH3 is 1. The summed E-state index contributed by atoms with van der Waals surface area (Å²) in [6.45, 7) is 1.46. The number of fused-ring (bicyclic) bond motifs is 1. The molecular weight excluding hydrogens is 485 g/mol. The van der Waals surface area contributed by atoms with Crippen LogP contribution in [-0.4, -0.2) is 89.2 Å². The van der Waals surface area contributed by atoms with Crippen LogP contribution in [0.3, 0.4) is 0 Å². The highest BCUT2D eigenvalue weighted by Crippen LogP contribution is 2.38. The first kappa shape index (κ1) is 25.7. The quantitative estimate of drug-likeness (QED) is 0.590. The van der Waals surface area contributed by atoms with Crippen LogP contribution in [-0.2, 0) is 24.0 Å². The van der Waals surface area contributed by atoms with Crippen molar-refractivity contribution in [1.82, 2.24) is 24.9 Å². The summed E-state index contributed by atoms with van der Waals surface area (Å²) in [5.41, 5.74) is 0.806. The van der Waals surface area contributed by atoms with Gasteiger partial charge in [-0.2, -0.15) is 13.2 Å². The molecule has 0 bridgehead atoms. The molecule has 0 spiro atoms. The smallest absolute Gasteiger partial charge is 0.428 e. The molecule has 0 saturated carbocycles. The summed E-state index contributed by atoms with van der Waals surface area (Å²) in [5.74, 6) is -0.136. The Labute approximate surface area is 205 Å². The predicted molar refractivity (Wildman–Crippen MR) is 119 cm³/mol. The van der Waals surface area contributed by atoms with Crippen molar-refractivity contribution < 1.29 is 37.4 Å². The number of carbonyl (C=O) groups is 1. The van der Waals surface area contributed by atoms with E-state index in [1.165, 1.54) is 29.5 Å². The van der Waals surface area contributed by atoms with Gasteiger partial charge >= 0.3 is 12.3 Å². The zero-order valence-electron chi connectivity index (χ0n) is 19.9. The Bertz CT molecular complexity index is 1090. The average Bonchev–Trinajstić information content (AvgIpc) is 3.29. The zero-order chi connectivity index (χ0) is 25.9. The second kappa shape index (κ2) is 10.7. The summed E-state index contributed by atoms with van der Waals surface area (Å²) in [5, 5.41) is 10.4. The number of aliphatic hydroxyl groups excluding tert-OH is 1. The minimum Gasteiger partial charge on any atom is -0.481 e. The number of ether oxygens (including phenoxy) is 2. The van der Waals surface area contributed by atoms with Gasteiger partial charge in [0.1, 0.15) is 18.0 Å². The lowest BCUT2D eigenvalue weighted by atomic mass is 10.1. The molecule has 2 aromatic heterocycles. The highest BCUT2D eigenvalue weighted by atomic mass is 19.4. The third kappa shape index (κ3) is 5.70. The van der Waals surface area contributed by atoms with E-state index >= 15 is 0 Å². The molecular formula is C22H27F3N6O5. The van der Waals surface area contributed by atoms with Gasteiger partial charge in [-0.15, -0.1) is 5.06 Å². The lowest BCUT2D eigenvalue weighted by Gasteiger charge is -2.31. The van der Waals surface area contributed by atoms with E-state index in [1.54, 1.807) is 4.90 Å². The molecule has 2 aliphatic rings. The summed E-state index contributed by atoms with van der Waals surface area (Å²) < 4.78 is 51.3. The number of likely N-dealkylation sites (N-methyl/N-ethyl adjacent to an activating group) is 1. The molecule has 1 fully saturated rings. The van der Waals surface area contributed by atoms with Gasteiger partial charge in [0, 0.05) is 39.5 Å². The number of nitrogens with zero attached hydrogens (tertiary/aromatic N) is 6. The minimum atomic E-state index is -4.61. The molecule has 196 valence electrons. The van der Waals surface area contributed by atoms with Crippen LogP contribution in [0.5, 0.6) is 11.8 Å². The summed E-state index contributed by atoms with van der Waals surface area (Å²) in [7, 11) is 2.67. The number of hydrogen-bond acceptors (Lipinski definition) is 10. The molecule has 0 radical (unpaired) electrons. The van der Waals surface area contributed by atoms with E-state index in [0.29, 0.717) is 49.6 Å². The number of hydroxylamine groups is 2. The third-order valence-electron chi connectivity index (χ3n) is 6.00. The molecule has 11 nitrogen and oxygen atoms in total. The van der Waals surface area contributed by atoms with Crippen molar-refractivity contribution in [3.63, 3.8) is 0 Å². The van der Waals surface area contributed by atoms with E-state index in [0.717, 1.165) is 18.9 Å². The van der Waals surface area contributed by atoms with E-state index in [1.807, 2.05) is 0 Å². The Morgan fingerprint density at radius 3 is 2.78 bits per heavy atom. The first-order valence-corrected chi connectivity index (χ1v) is 11.3. The molecule has 1 unspecified atom stereocenters. The van der Waals surface area contributed by atoms with E-state index in [4.69, 9.17) is 19.4 Å². The fraction of sp³-hybridized carbons (Fsp3) is 0.545. The Morgan fingerprint density at radius 2 is 2.06 bits per heavy atom. The van der Waals surface area contributed by atoms with E-state index < -0.39 is 23.7 Å². The van der Waals surface area contributed by atoms with Crippen LogP contribution in [0.2, 0.25) is 0 Å². The topological polar surface area (TPSA) is 113 Å². The number of alkyl halides is 3. The second-order valence-electron chi connectivity index (χ2n) is 8.44. The first-order valence-electron chi connectivity index (χ1n) is 11.3. The largest absolute Gasteiger partial charge is 0.481 e. The molecule has 4 heterocycles. The molecule has 1 N–H and O–H groups in total. The molecule has 4 rings (SSSR count). The van der Waals surface area contributed by atoms with Crippen LogP contribution in [0.4, 0.5) is 23.7 Å². The first-order chi connectivity index (χ1) is 17.2. The lowest BCUT2D eigenvalue weighted by molar-refractivity contribution is -0.139. The number of halogens is 3. The van der Waals surface area contributed by atoms with Crippen molar-refractivity contribution in [3.8, 4) is 11.8 Å². The van der Waals surface area contributed by atoms with Crippen LogP contribution >= 0.6 is 0 Å². The Balaban J connectivity index is 1.45. The number of aromatic nitrogens is 3. The lowest BCUT2D eigenvalue weighted by Crippen LogP contribution is -2.36. The minimum absolute atomic E-state index is 0.157. The van der Waals surface area contributed by atoms with Gasteiger partial charge in [-0.05, 0) is 6.07 Å². The molecule has 2 aromatic rings. The maximum atomic E-state index is 13.5. The van der Waals surface area contributed by atoms with E-state index in [9.17, 15) is 18.0 Å². The maximum absolute atomic E-state index is 13.5. The summed E-state index contributed by atoms with van der Waals surface area (Å²) in [4.78, 5) is 32.8. The Kier molecular flexibility index (Phi) is 7.64. The van der Waals surface area contributed by atoms with Gasteiger partial charge in [-0.25, -0.2) is 19.7 Å². The third-order valence-corrected chi connectivity index (χ3v) is 6.00. The van der Waals surface area contributed by atoms with Crippen molar-refractivity contribution in [2.45, 2.75) is 31.7 Å². The van der Waals surface area contributed by atoms with Crippen LogP contribution in [0.25, 0.3) is 0 Å². The van der Waals surface area contributed by atoms with Gasteiger partial charge in [0.2, 0.25) is 11.8 Å². The SMILES string of the molecule is COc1ncc(N2CCc3ncnc(OC4CCN(OC(=O)N(C)CCO)C4)c3C2)cc1C(F)(F)F. The van der Waals surface area contributed by atoms with Crippen LogP contribution < -0.4 is 14.4 Å². The number of amides is 1. The zero-order valence-corrected chi connectivity index (χ0v) is 19.9. The molecule has 2 aliphatic heterocycles. The van der Waals surface area contributed by atoms with Crippen LogP contribution in [0.15, 0.2) is 18.6 Å². The summed E-state index contributed by atoms with van der Waals surface area (Å²) in [6.07, 6.45) is -1.67. The number of rotatable bonds is 7. The summed E-state index contributed by atoms with van der Waals surface area (Å²) in [6, 6.07) is 1.03. The molecule has 36 heavy (non-hydrogen) atoms. The van der Waals surface area contributed by atoms with Crippen LogP contribution in [0.1, 0.15) is 23.2 Å². The van der Waals surface area contributed by atoms with Crippen molar-refractivity contribution >= 4 is 11.8 Å². The van der Waals surface area contributed by atoms with Crippen molar-refractivity contribution in [1.29, 1.82) is 0 Å². The Hall–Kier alpha value is -3.39. The summed E-state index contributed by atoms with van der Waals surface area (Å²) >= 11 is 0. The number of anilines is 1. The van der Waals surface area contributed by atoms with Gasteiger partial charge in [-0.3, -0.25) is 0 Å². The van der Waals surface area contributed by atoms with Crippen LogP contribution in [0, 0.1) is 0 Å². The molecule has 1 saturated heterocycles. The van der Waals surface area contributed by atoms with Crippen molar-refractivity contribution in [2.75, 3.05) is 51.8 Å². The number of pyridine rings is 1. The number of carbonyl (C=O) groups excluding carboxylic acids is 1. The molecule has 0 aromatic carbocycles.